The zero-order chi connectivity index (χ0) is 26.6. The van der Waals surface area contributed by atoms with Crippen LogP contribution in [0.2, 0.25) is 0 Å². The quantitative estimate of drug-likeness (QED) is 0.232. The van der Waals surface area contributed by atoms with E-state index in [0.29, 0.717) is 18.5 Å². The molecule has 1 aliphatic rings. The van der Waals surface area contributed by atoms with Crippen LogP contribution < -0.4 is 15.5 Å². The van der Waals surface area contributed by atoms with Crippen molar-refractivity contribution in [3.63, 3.8) is 0 Å². The Bertz CT molecular complexity index is 1090. The molecule has 198 valence electrons. The summed E-state index contributed by atoms with van der Waals surface area (Å²) in [5.41, 5.74) is 5.10. The first kappa shape index (κ1) is 28.0. The van der Waals surface area contributed by atoms with Gasteiger partial charge in [0.2, 0.25) is 5.91 Å². The van der Waals surface area contributed by atoms with E-state index in [1.165, 1.54) is 12.7 Å². The lowest BCUT2D eigenvalue weighted by molar-refractivity contribution is -0.140. The average molecular weight is 506 g/mol. The molecule has 0 aliphatic heterocycles. The smallest absolute Gasteiger partial charge is 0.305 e. The highest BCUT2D eigenvalue weighted by atomic mass is 16.5. The van der Waals surface area contributed by atoms with Crippen molar-refractivity contribution in [1.29, 1.82) is 0 Å². The molecule has 7 nitrogen and oxygen atoms in total. The van der Waals surface area contributed by atoms with E-state index in [0.717, 1.165) is 62.0 Å². The SMILES string of the molecule is CCN(CC)c1ccc(C(=O)NC2CCc3cc(/C=C/C(=O)NCCCCCC(=O)OC)ccc32)cc1. The number of hydrogen-bond donors (Lipinski definition) is 2. The Hall–Kier alpha value is -3.61. The highest BCUT2D eigenvalue weighted by Gasteiger charge is 2.24. The summed E-state index contributed by atoms with van der Waals surface area (Å²) in [5, 5.41) is 6.06. The van der Waals surface area contributed by atoms with Crippen molar-refractivity contribution < 1.29 is 19.1 Å². The van der Waals surface area contributed by atoms with Crippen LogP contribution in [0.15, 0.2) is 48.5 Å². The van der Waals surface area contributed by atoms with E-state index in [2.05, 4.69) is 46.3 Å². The Labute approximate surface area is 220 Å². The molecule has 1 aliphatic carbocycles. The van der Waals surface area contributed by atoms with Crippen LogP contribution in [0.25, 0.3) is 6.08 Å². The van der Waals surface area contributed by atoms with Gasteiger partial charge in [-0.25, -0.2) is 0 Å². The van der Waals surface area contributed by atoms with E-state index >= 15 is 0 Å². The minimum Gasteiger partial charge on any atom is -0.469 e. The van der Waals surface area contributed by atoms with Crippen molar-refractivity contribution in [3.05, 3.63) is 70.8 Å². The summed E-state index contributed by atoms with van der Waals surface area (Å²) < 4.78 is 4.62. The average Bonchev–Trinajstić information content (AvgIpc) is 3.32. The first-order valence-electron chi connectivity index (χ1n) is 13.3. The maximum atomic E-state index is 12.9. The van der Waals surface area contributed by atoms with Gasteiger partial charge in [0.05, 0.1) is 13.2 Å². The zero-order valence-electron chi connectivity index (χ0n) is 22.2. The fourth-order valence-corrected chi connectivity index (χ4v) is 4.66. The summed E-state index contributed by atoms with van der Waals surface area (Å²) in [7, 11) is 1.39. The number of rotatable bonds is 13. The van der Waals surface area contributed by atoms with Gasteiger partial charge in [-0.05, 0) is 86.6 Å². The lowest BCUT2D eigenvalue weighted by Crippen LogP contribution is -2.27. The summed E-state index contributed by atoms with van der Waals surface area (Å²) in [4.78, 5) is 38.3. The summed E-state index contributed by atoms with van der Waals surface area (Å²) in [5.74, 6) is -0.392. The third kappa shape index (κ3) is 8.20. The fraction of sp³-hybridized carbons (Fsp3) is 0.433. The van der Waals surface area contributed by atoms with Gasteiger partial charge in [0.25, 0.3) is 5.91 Å². The predicted molar refractivity (Wildman–Crippen MR) is 148 cm³/mol. The molecule has 0 heterocycles. The van der Waals surface area contributed by atoms with Gasteiger partial charge < -0.3 is 20.3 Å². The molecule has 1 unspecified atom stereocenters. The van der Waals surface area contributed by atoms with Crippen LogP contribution in [-0.4, -0.2) is 44.5 Å². The highest BCUT2D eigenvalue weighted by molar-refractivity contribution is 5.95. The molecule has 3 rings (SSSR count). The predicted octanol–water partition coefficient (Wildman–Crippen LogP) is 4.81. The van der Waals surface area contributed by atoms with E-state index in [1.807, 2.05) is 36.4 Å². The number of esters is 1. The van der Waals surface area contributed by atoms with Gasteiger partial charge in [-0.1, -0.05) is 24.6 Å². The second-order valence-corrected chi connectivity index (χ2v) is 9.25. The van der Waals surface area contributed by atoms with E-state index < -0.39 is 0 Å². The highest BCUT2D eigenvalue weighted by Crippen LogP contribution is 2.32. The number of amides is 2. The van der Waals surface area contributed by atoms with Crippen molar-refractivity contribution in [2.24, 2.45) is 0 Å². The lowest BCUT2D eigenvalue weighted by Gasteiger charge is -2.21. The second-order valence-electron chi connectivity index (χ2n) is 9.25. The summed E-state index contributed by atoms with van der Waals surface area (Å²) in [6.07, 6.45) is 7.98. The van der Waals surface area contributed by atoms with Crippen LogP contribution in [0.1, 0.15) is 79.0 Å². The fourth-order valence-electron chi connectivity index (χ4n) is 4.66. The Kier molecular flexibility index (Phi) is 10.7. The summed E-state index contributed by atoms with van der Waals surface area (Å²) in [6.45, 7) is 6.69. The molecular formula is C30H39N3O4. The molecule has 0 fully saturated rings. The largest absolute Gasteiger partial charge is 0.469 e. The Morgan fingerprint density at radius 2 is 1.78 bits per heavy atom. The molecule has 2 N–H and O–H groups in total. The van der Waals surface area contributed by atoms with Gasteiger partial charge in [-0.2, -0.15) is 0 Å². The van der Waals surface area contributed by atoms with E-state index in [9.17, 15) is 14.4 Å². The van der Waals surface area contributed by atoms with Gasteiger partial charge in [-0.15, -0.1) is 0 Å². The summed E-state index contributed by atoms with van der Waals surface area (Å²) >= 11 is 0. The molecule has 0 spiro atoms. The van der Waals surface area contributed by atoms with Gasteiger partial charge >= 0.3 is 5.97 Å². The standard InChI is InChI=1S/C30H39N3O4/c1-4-33(5-2)25-15-12-23(13-16-25)30(36)32-27-18-14-24-21-22(10-17-26(24)27)11-19-28(34)31-20-8-6-7-9-29(35)37-3/h10-13,15-17,19,21,27H,4-9,14,18,20H2,1-3H3,(H,31,34)(H,32,36)/b19-11+. The second kappa shape index (κ2) is 14.2. The van der Waals surface area contributed by atoms with Crippen LogP contribution in [0.3, 0.4) is 0 Å². The molecular weight excluding hydrogens is 466 g/mol. The number of nitrogens with zero attached hydrogens (tertiary/aromatic N) is 1. The molecule has 0 saturated heterocycles. The van der Waals surface area contributed by atoms with Crippen LogP contribution in [0.5, 0.6) is 0 Å². The summed E-state index contributed by atoms with van der Waals surface area (Å²) in [6, 6.07) is 13.9. The number of carbonyl (C=O) groups excluding carboxylic acids is 3. The normalized spacial score (nSPS) is 14.3. The van der Waals surface area contributed by atoms with Crippen molar-refractivity contribution in [2.45, 2.75) is 58.4 Å². The van der Waals surface area contributed by atoms with Crippen molar-refractivity contribution in [1.82, 2.24) is 10.6 Å². The Morgan fingerprint density at radius 3 is 2.49 bits per heavy atom. The molecule has 2 aromatic carbocycles. The molecule has 0 aromatic heterocycles. The van der Waals surface area contributed by atoms with E-state index in [4.69, 9.17) is 0 Å². The van der Waals surface area contributed by atoms with Gasteiger partial charge in [0.1, 0.15) is 0 Å². The number of anilines is 1. The monoisotopic (exact) mass is 505 g/mol. The van der Waals surface area contributed by atoms with Crippen molar-refractivity contribution >= 4 is 29.5 Å². The third-order valence-corrected chi connectivity index (χ3v) is 6.82. The maximum Gasteiger partial charge on any atom is 0.305 e. The van der Waals surface area contributed by atoms with E-state index in [1.54, 1.807) is 6.08 Å². The number of aryl methyl sites for hydroxylation is 1. The van der Waals surface area contributed by atoms with Crippen LogP contribution in [0.4, 0.5) is 5.69 Å². The molecule has 0 radical (unpaired) electrons. The van der Waals surface area contributed by atoms with Crippen LogP contribution >= 0.6 is 0 Å². The zero-order valence-corrected chi connectivity index (χ0v) is 22.2. The van der Waals surface area contributed by atoms with Crippen molar-refractivity contribution in [3.8, 4) is 0 Å². The van der Waals surface area contributed by atoms with Gasteiger partial charge in [-0.3, -0.25) is 14.4 Å². The van der Waals surface area contributed by atoms with Gasteiger partial charge in [0.15, 0.2) is 0 Å². The lowest BCUT2D eigenvalue weighted by atomic mass is 10.0. The molecule has 2 amide bonds. The topological polar surface area (TPSA) is 87.7 Å². The minimum atomic E-state index is -0.198. The maximum absolute atomic E-state index is 12.9. The molecule has 0 saturated carbocycles. The molecule has 1 atom stereocenters. The molecule has 0 bridgehead atoms. The Morgan fingerprint density at radius 1 is 1.03 bits per heavy atom. The number of methoxy groups -OCH3 is 1. The molecule has 2 aromatic rings. The number of hydrogen-bond acceptors (Lipinski definition) is 5. The first-order chi connectivity index (χ1) is 17.9. The minimum absolute atomic E-state index is 0.00882. The van der Waals surface area contributed by atoms with Crippen LogP contribution in [0, 0.1) is 0 Å². The number of ether oxygens (including phenoxy) is 1. The van der Waals surface area contributed by atoms with Gasteiger partial charge in [0, 0.05) is 43.4 Å². The number of fused-ring (bicyclic) bond motifs is 1. The first-order valence-corrected chi connectivity index (χ1v) is 13.3. The van der Waals surface area contributed by atoms with Crippen LogP contribution in [-0.2, 0) is 20.7 Å². The number of carbonyl (C=O) groups is 3. The third-order valence-electron chi connectivity index (χ3n) is 6.82. The van der Waals surface area contributed by atoms with Crippen molar-refractivity contribution in [2.75, 3.05) is 31.6 Å². The number of unbranched alkanes of at least 4 members (excludes halogenated alkanes) is 2. The Balaban J connectivity index is 1.47. The number of benzene rings is 2. The number of nitrogens with one attached hydrogen (secondary N) is 2. The van der Waals surface area contributed by atoms with E-state index in [-0.39, 0.29) is 23.8 Å². The molecule has 37 heavy (non-hydrogen) atoms. The molecule has 7 heteroatoms.